The summed E-state index contributed by atoms with van der Waals surface area (Å²) in [4.78, 5) is 13.5. The summed E-state index contributed by atoms with van der Waals surface area (Å²) in [6, 6.07) is -2.22. The summed E-state index contributed by atoms with van der Waals surface area (Å²) in [5.74, 6) is -0.657. The molecule has 2 heterocycles. The van der Waals surface area contributed by atoms with Crippen molar-refractivity contribution < 1.29 is 18.0 Å². The van der Waals surface area contributed by atoms with Crippen molar-refractivity contribution >= 4 is 5.91 Å². The lowest BCUT2D eigenvalue weighted by Crippen LogP contribution is -2.56. The first-order valence-electron chi connectivity index (χ1n) is 7.61. The van der Waals surface area contributed by atoms with Gasteiger partial charge in [-0.15, -0.1) is 0 Å². The van der Waals surface area contributed by atoms with Crippen LogP contribution in [0.5, 0.6) is 0 Å². The molecule has 0 bridgehead atoms. The molecule has 2 rings (SSSR count). The van der Waals surface area contributed by atoms with Gasteiger partial charge in [0.1, 0.15) is 6.04 Å². The molecule has 2 unspecified atom stereocenters. The Balaban J connectivity index is 2.36. The number of alkyl halides is 3. The molecule has 130 valence electrons. The molecule has 0 spiro atoms. The molecule has 0 saturated carbocycles. The molecule has 1 aliphatic rings. The van der Waals surface area contributed by atoms with Gasteiger partial charge < -0.3 is 10.6 Å². The topological polar surface area (TPSA) is 64.2 Å². The normalized spacial score (nSPS) is 23.2. The minimum Gasteiger partial charge on any atom is -0.326 e. The lowest BCUT2D eigenvalue weighted by atomic mass is 9.97. The van der Waals surface area contributed by atoms with Crippen LogP contribution in [0.15, 0.2) is 6.20 Å². The number of carbonyl (C=O) groups is 1. The van der Waals surface area contributed by atoms with Gasteiger partial charge in [-0.05, 0) is 40.5 Å². The number of amides is 1. The third kappa shape index (κ3) is 3.52. The van der Waals surface area contributed by atoms with E-state index >= 15 is 0 Å². The number of piperidine rings is 1. The van der Waals surface area contributed by atoms with Crippen molar-refractivity contribution in [2.75, 3.05) is 6.54 Å². The van der Waals surface area contributed by atoms with Crippen LogP contribution in [0.1, 0.15) is 49.7 Å². The molecule has 0 radical (unpaired) electrons. The minimum atomic E-state index is -4.45. The highest BCUT2D eigenvalue weighted by Gasteiger charge is 2.48. The molecular formula is C15H23F3N4O. The standard InChI is InChI=1S/C15H23F3N4O/c1-9-11(7-20-22(9)14(2,3)4)13(23)21-8-10(19)5-6-12(21)15(16,17)18/h7,10,12H,5-6,8,19H2,1-4H3. The van der Waals surface area contributed by atoms with Gasteiger partial charge in [0.2, 0.25) is 0 Å². The molecule has 2 atom stereocenters. The minimum absolute atomic E-state index is 0.0941. The van der Waals surface area contributed by atoms with Gasteiger partial charge >= 0.3 is 6.18 Å². The maximum atomic E-state index is 13.2. The molecule has 0 aliphatic carbocycles. The first kappa shape index (κ1) is 17.8. The lowest BCUT2D eigenvalue weighted by molar-refractivity contribution is -0.184. The fraction of sp³-hybridized carbons (Fsp3) is 0.733. The molecule has 1 fully saturated rings. The molecule has 1 aromatic heterocycles. The van der Waals surface area contributed by atoms with E-state index in [1.807, 2.05) is 20.8 Å². The second-order valence-corrected chi connectivity index (χ2v) is 7.08. The van der Waals surface area contributed by atoms with Crippen LogP contribution in [0.3, 0.4) is 0 Å². The van der Waals surface area contributed by atoms with Gasteiger partial charge in [0.15, 0.2) is 0 Å². The Morgan fingerprint density at radius 3 is 2.39 bits per heavy atom. The zero-order valence-electron chi connectivity index (χ0n) is 13.8. The fourth-order valence-electron chi connectivity index (χ4n) is 3.01. The maximum Gasteiger partial charge on any atom is 0.408 e. The molecular weight excluding hydrogens is 309 g/mol. The van der Waals surface area contributed by atoms with Crippen LogP contribution in [-0.2, 0) is 5.54 Å². The van der Waals surface area contributed by atoms with E-state index in [-0.39, 0.29) is 30.5 Å². The third-order valence-corrected chi connectivity index (χ3v) is 4.13. The van der Waals surface area contributed by atoms with Crippen molar-refractivity contribution in [1.29, 1.82) is 0 Å². The van der Waals surface area contributed by atoms with E-state index in [4.69, 9.17) is 5.73 Å². The SMILES string of the molecule is Cc1c(C(=O)N2CC(N)CCC2C(F)(F)F)cnn1C(C)(C)C. The Kier molecular flexibility index (Phi) is 4.49. The van der Waals surface area contributed by atoms with Crippen molar-refractivity contribution in [1.82, 2.24) is 14.7 Å². The highest BCUT2D eigenvalue weighted by molar-refractivity contribution is 5.95. The smallest absolute Gasteiger partial charge is 0.326 e. The van der Waals surface area contributed by atoms with E-state index < -0.39 is 24.2 Å². The largest absolute Gasteiger partial charge is 0.408 e. The molecule has 2 N–H and O–H groups in total. The zero-order valence-corrected chi connectivity index (χ0v) is 13.8. The Hall–Kier alpha value is -1.57. The average molecular weight is 332 g/mol. The number of hydrogen-bond acceptors (Lipinski definition) is 3. The lowest BCUT2D eigenvalue weighted by Gasteiger charge is -2.39. The van der Waals surface area contributed by atoms with Crippen LogP contribution in [0.4, 0.5) is 13.2 Å². The summed E-state index contributed by atoms with van der Waals surface area (Å²) in [7, 11) is 0. The van der Waals surface area contributed by atoms with E-state index in [2.05, 4.69) is 5.10 Å². The van der Waals surface area contributed by atoms with Crippen molar-refractivity contribution in [3.8, 4) is 0 Å². The molecule has 23 heavy (non-hydrogen) atoms. The Morgan fingerprint density at radius 1 is 1.30 bits per heavy atom. The van der Waals surface area contributed by atoms with Crippen molar-refractivity contribution in [2.24, 2.45) is 5.73 Å². The molecule has 5 nitrogen and oxygen atoms in total. The summed E-state index contributed by atoms with van der Waals surface area (Å²) in [6.07, 6.45) is -3.02. The van der Waals surface area contributed by atoms with Gasteiger partial charge in [0, 0.05) is 18.3 Å². The predicted molar refractivity (Wildman–Crippen MR) is 80.0 cm³/mol. The Morgan fingerprint density at radius 2 is 1.91 bits per heavy atom. The first-order chi connectivity index (χ1) is 10.4. The quantitative estimate of drug-likeness (QED) is 0.859. The summed E-state index contributed by atoms with van der Waals surface area (Å²) in [5.41, 5.74) is 6.18. The van der Waals surface area contributed by atoms with Crippen molar-refractivity contribution in [3.05, 3.63) is 17.5 Å². The number of hydrogen-bond donors (Lipinski definition) is 1. The molecule has 1 aromatic rings. The summed E-state index contributed by atoms with van der Waals surface area (Å²) < 4.78 is 41.3. The number of nitrogens with two attached hydrogens (primary N) is 1. The monoisotopic (exact) mass is 332 g/mol. The van der Waals surface area contributed by atoms with Crippen LogP contribution in [-0.4, -0.2) is 45.4 Å². The van der Waals surface area contributed by atoms with Gasteiger partial charge in [0.05, 0.1) is 17.3 Å². The second-order valence-electron chi connectivity index (χ2n) is 7.08. The maximum absolute atomic E-state index is 13.2. The number of halogens is 3. The van der Waals surface area contributed by atoms with Crippen LogP contribution < -0.4 is 5.73 Å². The zero-order chi connectivity index (χ0) is 17.6. The van der Waals surface area contributed by atoms with Gasteiger partial charge in [0.25, 0.3) is 5.91 Å². The van der Waals surface area contributed by atoms with Crippen LogP contribution in [0.2, 0.25) is 0 Å². The van der Waals surface area contributed by atoms with Crippen LogP contribution in [0.25, 0.3) is 0 Å². The number of aromatic nitrogens is 2. The van der Waals surface area contributed by atoms with E-state index in [0.717, 1.165) is 4.90 Å². The number of nitrogens with zero attached hydrogens (tertiary/aromatic N) is 3. The van der Waals surface area contributed by atoms with E-state index in [9.17, 15) is 18.0 Å². The summed E-state index contributed by atoms with van der Waals surface area (Å²) in [6.45, 7) is 7.34. The molecule has 0 aromatic carbocycles. The third-order valence-electron chi connectivity index (χ3n) is 4.13. The molecule has 1 aliphatic heterocycles. The highest BCUT2D eigenvalue weighted by Crippen LogP contribution is 2.33. The van der Waals surface area contributed by atoms with Gasteiger partial charge in [-0.1, -0.05) is 0 Å². The first-order valence-corrected chi connectivity index (χ1v) is 7.61. The van der Waals surface area contributed by atoms with Gasteiger partial charge in [-0.3, -0.25) is 9.48 Å². The van der Waals surface area contributed by atoms with E-state index in [1.165, 1.54) is 6.20 Å². The van der Waals surface area contributed by atoms with Gasteiger partial charge in [-0.2, -0.15) is 18.3 Å². The highest BCUT2D eigenvalue weighted by atomic mass is 19.4. The summed E-state index contributed by atoms with van der Waals surface area (Å²) in [5, 5.41) is 4.17. The molecule has 1 saturated heterocycles. The van der Waals surface area contributed by atoms with E-state index in [0.29, 0.717) is 5.69 Å². The summed E-state index contributed by atoms with van der Waals surface area (Å²) >= 11 is 0. The molecule has 8 heteroatoms. The number of rotatable bonds is 1. The van der Waals surface area contributed by atoms with Crippen molar-refractivity contribution in [2.45, 2.75) is 64.3 Å². The Labute approximate surface area is 133 Å². The van der Waals surface area contributed by atoms with Crippen LogP contribution in [0, 0.1) is 6.92 Å². The van der Waals surface area contributed by atoms with Crippen LogP contribution >= 0.6 is 0 Å². The number of likely N-dealkylation sites (tertiary alicyclic amines) is 1. The predicted octanol–water partition coefficient (Wildman–Crippen LogP) is 2.44. The second kappa shape index (κ2) is 5.81. The van der Waals surface area contributed by atoms with E-state index in [1.54, 1.807) is 11.6 Å². The fourth-order valence-corrected chi connectivity index (χ4v) is 3.01. The van der Waals surface area contributed by atoms with Gasteiger partial charge in [-0.25, -0.2) is 0 Å². The number of carbonyl (C=O) groups excluding carboxylic acids is 1. The molecule has 1 amide bonds. The average Bonchev–Trinajstić information content (AvgIpc) is 2.78. The Bertz CT molecular complexity index is 589. The van der Waals surface area contributed by atoms with Crippen molar-refractivity contribution in [3.63, 3.8) is 0 Å².